The van der Waals surface area contributed by atoms with Crippen LogP contribution < -0.4 is 5.32 Å². The Labute approximate surface area is 117 Å². The van der Waals surface area contributed by atoms with Gasteiger partial charge in [0.15, 0.2) is 0 Å². The maximum Gasteiger partial charge on any atom is 0.306 e. The van der Waals surface area contributed by atoms with Gasteiger partial charge in [0.25, 0.3) is 0 Å². The fraction of sp³-hybridized carbons (Fsp3) is 0.467. The molecule has 1 saturated carbocycles. The second-order valence-electron chi connectivity index (χ2n) is 5.39. The summed E-state index contributed by atoms with van der Waals surface area (Å²) < 4.78 is 13.2. The Hall–Kier alpha value is -1.91. The maximum atomic E-state index is 13.2. The lowest BCUT2D eigenvalue weighted by atomic mass is 9.81. The van der Waals surface area contributed by atoms with Gasteiger partial charge in [0.05, 0.1) is 5.92 Å². The van der Waals surface area contributed by atoms with Crippen LogP contribution in [-0.2, 0) is 9.59 Å². The highest BCUT2D eigenvalue weighted by Gasteiger charge is 2.29. The number of carboxylic acid groups (broad SMARTS) is 1. The minimum absolute atomic E-state index is 0.154. The molecule has 1 amide bonds. The van der Waals surface area contributed by atoms with E-state index in [-0.39, 0.29) is 23.6 Å². The van der Waals surface area contributed by atoms with Gasteiger partial charge in [0, 0.05) is 11.6 Å². The summed E-state index contributed by atoms with van der Waals surface area (Å²) >= 11 is 0. The highest BCUT2D eigenvalue weighted by atomic mass is 19.1. The van der Waals surface area contributed by atoms with E-state index in [2.05, 4.69) is 5.32 Å². The number of halogens is 1. The molecule has 1 aromatic carbocycles. The Kier molecular flexibility index (Phi) is 4.37. The topological polar surface area (TPSA) is 66.4 Å². The Morgan fingerprint density at radius 1 is 1.15 bits per heavy atom. The Morgan fingerprint density at radius 2 is 1.75 bits per heavy atom. The second kappa shape index (κ2) is 6.03. The molecule has 0 spiro atoms. The van der Waals surface area contributed by atoms with E-state index in [4.69, 9.17) is 5.11 Å². The van der Waals surface area contributed by atoms with Crippen LogP contribution in [0.5, 0.6) is 0 Å². The predicted octanol–water partition coefficient (Wildman–Crippen LogP) is 2.96. The fourth-order valence-electron chi connectivity index (χ4n) is 2.66. The van der Waals surface area contributed by atoms with Crippen molar-refractivity contribution in [3.63, 3.8) is 0 Å². The molecular formula is C15H18FNO3. The van der Waals surface area contributed by atoms with Crippen molar-refractivity contribution in [3.8, 4) is 0 Å². The van der Waals surface area contributed by atoms with Crippen LogP contribution in [0.15, 0.2) is 18.2 Å². The SMILES string of the molecule is Cc1cc(F)cc(NC(=O)C2CCC(C(=O)O)CC2)c1. The number of hydrogen-bond acceptors (Lipinski definition) is 2. The van der Waals surface area contributed by atoms with Gasteiger partial charge in [0.2, 0.25) is 5.91 Å². The Bertz CT molecular complexity index is 502. The maximum absolute atomic E-state index is 13.2. The molecule has 0 aromatic heterocycles. The van der Waals surface area contributed by atoms with E-state index in [1.165, 1.54) is 12.1 Å². The molecule has 1 aliphatic rings. The zero-order chi connectivity index (χ0) is 14.7. The minimum atomic E-state index is -0.787. The molecular weight excluding hydrogens is 261 g/mol. The first-order valence-corrected chi connectivity index (χ1v) is 6.76. The third kappa shape index (κ3) is 3.56. The van der Waals surface area contributed by atoms with Gasteiger partial charge in [-0.3, -0.25) is 9.59 Å². The highest BCUT2D eigenvalue weighted by Crippen LogP contribution is 2.30. The molecule has 1 aromatic rings. The molecule has 4 nitrogen and oxygen atoms in total. The molecule has 0 bridgehead atoms. The summed E-state index contributed by atoms with van der Waals surface area (Å²) in [4.78, 5) is 22.9. The molecule has 1 fully saturated rings. The van der Waals surface area contributed by atoms with Gasteiger partial charge in [0.1, 0.15) is 5.82 Å². The van der Waals surface area contributed by atoms with Gasteiger partial charge in [-0.05, 0) is 56.4 Å². The summed E-state index contributed by atoms with van der Waals surface area (Å²) in [7, 11) is 0. The minimum Gasteiger partial charge on any atom is -0.481 e. The monoisotopic (exact) mass is 279 g/mol. The Balaban J connectivity index is 1.94. The van der Waals surface area contributed by atoms with Crippen molar-refractivity contribution in [2.45, 2.75) is 32.6 Å². The van der Waals surface area contributed by atoms with Crippen molar-refractivity contribution in [1.29, 1.82) is 0 Å². The highest BCUT2D eigenvalue weighted by molar-refractivity contribution is 5.92. The van der Waals surface area contributed by atoms with E-state index in [9.17, 15) is 14.0 Å². The van der Waals surface area contributed by atoms with Crippen molar-refractivity contribution in [2.24, 2.45) is 11.8 Å². The van der Waals surface area contributed by atoms with Gasteiger partial charge in [-0.25, -0.2) is 4.39 Å². The normalized spacial score (nSPS) is 22.3. The zero-order valence-corrected chi connectivity index (χ0v) is 11.4. The number of benzene rings is 1. The predicted molar refractivity (Wildman–Crippen MR) is 72.9 cm³/mol. The molecule has 108 valence electrons. The van der Waals surface area contributed by atoms with Crippen LogP contribution in [0.25, 0.3) is 0 Å². The van der Waals surface area contributed by atoms with Crippen LogP contribution in [0.4, 0.5) is 10.1 Å². The smallest absolute Gasteiger partial charge is 0.306 e. The number of hydrogen-bond donors (Lipinski definition) is 2. The van der Waals surface area contributed by atoms with Crippen LogP contribution in [0.2, 0.25) is 0 Å². The molecule has 2 N–H and O–H groups in total. The van der Waals surface area contributed by atoms with E-state index in [1.807, 2.05) is 0 Å². The van der Waals surface area contributed by atoms with Crippen LogP contribution in [0.1, 0.15) is 31.2 Å². The number of carboxylic acids is 1. The number of carbonyl (C=O) groups excluding carboxylic acids is 1. The third-order valence-corrected chi connectivity index (χ3v) is 3.76. The molecule has 5 heteroatoms. The molecule has 2 rings (SSSR count). The first-order valence-electron chi connectivity index (χ1n) is 6.76. The molecule has 20 heavy (non-hydrogen) atoms. The zero-order valence-electron chi connectivity index (χ0n) is 11.4. The van der Waals surface area contributed by atoms with Gasteiger partial charge in [-0.1, -0.05) is 0 Å². The lowest BCUT2D eigenvalue weighted by Gasteiger charge is -2.25. The van der Waals surface area contributed by atoms with E-state index < -0.39 is 5.97 Å². The number of aryl methyl sites for hydroxylation is 1. The first-order chi connectivity index (χ1) is 9.45. The third-order valence-electron chi connectivity index (χ3n) is 3.76. The van der Waals surface area contributed by atoms with Gasteiger partial charge in [-0.2, -0.15) is 0 Å². The molecule has 1 aliphatic carbocycles. The average molecular weight is 279 g/mol. The molecule has 0 aliphatic heterocycles. The second-order valence-corrected chi connectivity index (χ2v) is 5.39. The molecule has 0 heterocycles. The number of rotatable bonds is 3. The summed E-state index contributed by atoms with van der Waals surface area (Å²) in [5, 5.41) is 11.6. The summed E-state index contributed by atoms with van der Waals surface area (Å²) in [5.74, 6) is -1.84. The van der Waals surface area contributed by atoms with Gasteiger partial charge >= 0.3 is 5.97 Å². The van der Waals surface area contributed by atoms with Crippen molar-refractivity contribution in [2.75, 3.05) is 5.32 Å². The van der Waals surface area contributed by atoms with Gasteiger partial charge < -0.3 is 10.4 Å². The van der Waals surface area contributed by atoms with E-state index in [0.717, 1.165) is 5.56 Å². The molecule has 0 saturated heterocycles. The summed E-state index contributed by atoms with van der Waals surface area (Å²) in [6.07, 6.45) is 2.18. The standard InChI is InChI=1S/C15H18FNO3/c1-9-6-12(16)8-13(7-9)17-14(18)10-2-4-11(5-3-10)15(19)20/h6-8,10-11H,2-5H2,1H3,(H,17,18)(H,19,20). The van der Waals surface area contributed by atoms with E-state index in [1.54, 1.807) is 13.0 Å². The van der Waals surface area contributed by atoms with Crippen molar-refractivity contribution in [1.82, 2.24) is 0 Å². The molecule has 0 atom stereocenters. The number of carbonyl (C=O) groups is 2. The van der Waals surface area contributed by atoms with Crippen LogP contribution in [-0.4, -0.2) is 17.0 Å². The van der Waals surface area contributed by atoms with Gasteiger partial charge in [-0.15, -0.1) is 0 Å². The van der Waals surface area contributed by atoms with E-state index in [0.29, 0.717) is 31.4 Å². The van der Waals surface area contributed by atoms with E-state index >= 15 is 0 Å². The largest absolute Gasteiger partial charge is 0.481 e. The number of anilines is 1. The number of nitrogens with one attached hydrogen (secondary N) is 1. The Morgan fingerprint density at radius 3 is 2.30 bits per heavy atom. The molecule has 0 radical (unpaired) electrons. The number of amides is 1. The lowest BCUT2D eigenvalue weighted by molar-refractivity contribution is -0.143. The lowest BCUT2D eigenvalue weighted by Crippen LogP contribution is -2.29. The van der Waals surface area contributed by atoms with Crippen molar-refractivity contribution < 1.29 is 19.1 Å². The average Bonchev–Trinajstić information content (AvgIpc) is 2.37. The van der Waals surface area contributed by atoms with Crippen molar-refractivity contribution in [3.05, 3.63) is 29.6 Å². The summed E-state index contributed by atoms with van der Waals surface area (Å²) in [6.45, 7) is 1.76. The quantitative estimate of drug-likeness (QED) is 0.894. The van der Waals surface area contributed by atoms with Crippen LogP contribution >= 0.6 is 0 Å². The summed E-state index contributed by atoms with van der Waals surface area (Å²) in [6, 6.07) is 4.39. The van der Waals surface area contributed by atoms with Crippen LogP contribution in [0.3, 0.4) is 0 Å². The molecule has 0 unspecified atom stereocenters. The summed E-state index contributed by atoms with van der Waals surface area (Å²) in [5.41, 5.74) is 1.20. The first kappa shape index (κ1) is 14.5. The van der Waals surface area contributed by atoms with Crippen molar-refractivity contribution >= 4 is 17.6 Å². The van der Waals surface area contributed by atoms with Crippen LogP contribution in [0, 0.1) is 24.6 Å². The fourth-order valence-corrected chi connectivity index (χ4v) is 2.66. The number of aliphatic carboxylic acids is 1.